The number of halogens is 1. The summed E-state index contributed by atoms with van der Waals surface area (Å²) in [4.78, 5) is 10.1. The fourth-order valence-electron chi connectivity index (χ4n) is 2.78. The van der Waals surface area contributed by atoms with E-state index in [0.717, 1.165) is 0 Å². The molecule has 0 saturated carbocycles. The topological polar surface area (TPSA) is 88.1 Å². The van der Waals surface area contributed by atoms with Crippen LogP contribution in [0.25, 0.3) is 11.0 Å². The van der Waals surface area contributed by atoms with E-state index in [9.17, 15) is 4.39 Å². The lowest BCUT2D eigenvalue weighted by Crippen LogP contribution is -2.45. The van der Waals surface area contributed by atoms with Crippen LogP contribution in [-0.4, -0.2) is 35.3 Å². The Morgan fingerprint density at radius 3 is 2.55 bits per heavy atom. The zero-order chi connectivity index (χ0) is 15.9. The number of fused-ring (bicyclic) bond motifs is 1. The molecule has 0 aliphatic carbocycles. The number of hydrogen-bond acceptors (Lipinski definition) is 6. The van der Waals surface area contributed by atoms with Crippen LogP contribution in [0.1, 0.15) is 19.5 Å². The molecule has 7 heteroatoms. The zero-order valence-corrected chi connectivity index (χ0v) is 12.4. The van der Waals surface area contributed by atoms with E-state index in [4.69, 9.17) is 15.7 Å². The minimum absolute atomic E-state index is 0.00765. The van der Waals surface area contributed by atoms with Gasteiger partial charge in [0.05, 0.1) is 28.9 Å². The van der Waals surface area contributed by atoms with Crippen LogP contribution in [0.5, 0.6) is 0 Å². The van der Waals surface area contributed by atoms with Gasteiger partial charge in [-0.25, -0.2) is 14.4 Å². The molecule has 1 aliphatic rings. The SMILES string of the molecule is C[C@@H]1CN(c2cc3nc(N)c(C#N)nc3cc2F)C[C@@H](C)O1. The van der Waals surface area contributed by atoms with E-state index in [1.54, 1.807) is 6.07 Å². The molecule has 0 radical (unpaired) electrons. The molecule has 6 nitrogen and oxygen atoms in total. The molecule has 2 N–H and O–H groups in total. The molecule has 1 fully saturated rings. The first-order valence-corrected chi connectivity index (χ1v) is 7.05. The predicted molar refractivity (Wildman–Crippen MR) is 80.8 cm³/mol. The van der Waals surface area contributed by atoms with E-state index in [-0.39, 0.29) is 23.7 Å². The lowest BCUT2D eigenvalue weighted by molar-refractivity contribution is -0.00538. The molecule has 0 bridgehead atoms. The molecule has 22 heavy (non-hydrogen) atoms. The Morgan fingerprint density at radius 1 is 1.27 bits per heavy atom. The molecule has 0 spiro atoms. The van der Waals surface area contributed by atoms with E-state index < -0.39 is 5.82 Å². The molecule has 0 unspecified atom stereocenters. The van der Waals surface area contributed by atoms with Gasteiger partial charge >= 0.3 is 0 Å². The molecule has 2 aromatic rings. The van der Waals surface area contributed by atoms with E-state index >= 15 is 0 Å². The van der Waals surface area contributed by atoms with Gasteiger partial charge in [0, 0.05) is 19.2 Å². The molecular formula is C15H16FN5O. The summed E-state index contributed by atoms with van der Waals surface area (Å²) in [6, 6.07) is 4.77. The molecule has 1 aromatic carbocycles. The van der Waals surface area contributed by atoms with Crippen LogP contribution < -0.4 is 10.6 Å². The lowest BCUT2D eigenvalue weighted by atomic mass is 10.1. The quantitative estimate of drug-likeness (QED) is 0.864. The van der Waals surface area contributed by atoms with Gasteiger partial charge in [0.25, 0.3) is 0 Å². The third kappa shape index (κ3) is 2.53. The Morgan fingerprint density at radius 2 is 1.91 bits per heavy atom. The Bertz CT molecular complexity index is 763. The Labute approximate surface area is 127 Å². The van der Waals surface area contributed by atoms with Crippen LogP contribution in [-0.2, 0) is 4.74 Å². The summed E-state index contributed by atoms with van der Waals surface area (Å²) in [6.07, 6.45) is 0.0481. The van der Waals surface area contributed by atoms with Crippen molar-refractivity contribution in [3.8, 4) is 6.07 Å². The van der Waals surface area contributed by atoms with E-state index in [0.29, 0.717) is 29.8 Å². The van der Waals surface area contributed by atoms with Crippen molar-refractivity contribution in [2.45, 2.75) is 26.1 Å². The number of hydrogen-bond donors (Lipinski definition) is 1. The number of anilines is 2. The van der Waals surface area contributed by atoms with Gasteiger partial charge in [-0.05, 0) is 19.9 Å². The summed E-state index contributed by atoms with van der Waals surface area (Å²) in [5.41, 5.74) is 6.94. The minimum atomic E-state index is -0.392. The Balaban J connectivity index is 2.07. The number of nitriles is 1. The lowest BCUT2D eigenvalue weighted by Gasteiger charge is -2.37. The van der Waals surface area contributed by atoms with Gasteiger partial charge in [-0.15, -0.1) is 0 Å². The van der Waals surface area contributed by atoms with Crippen LogP contribution >= 0.6 is 0 Å². The van der Waals surface area contributed by atoms with Crippen molar-refractivity contribution >= 4 is 22.5 Å². The normalized spacial score (nSPS) is 21.8. The summed E-state index contributed by atoms with van der Waals surface area (Å²) in [5, 5.41) is 8.92. The van der Waals surface area contributed by atoms with Gasteiger partial charge in [0.1, 0.15) is 11.9 Å². The van der Waals surface area contributed by atoms with Crippen molar-refractivity contribution in [1.82, 2.24) is 9.97 Å². The number of rotatable bonds is 1. The van der Waals surface area contributed by atoms with E-state index in [2.05, 4.69) is 9.97 Å². The summed E-state index contributed by atoms with van der Waals surface area (Å²) in [6.45, 7) is 5.12. The Hall–Kier alpha value is -2.46. The maximum Gasteiger partial charge on any atom is 0.183 e. The van der Waals surface area contributed by atoms with Crippen LogP contribution in [0.4, 0.5) is 15.9 Å². The van der Waals surface area contributed by atoms with Gasteiger partial charge in [0.2, 0.25) is 0 Å². The second kappa shape index (κ2) is 5.39. The van der Waals surface area contributed by atoms with Gasteiger partial charge < -0.3 is 15.4 Å². The zero-order valence-electron chi connectivity index (χ0n) is 12.4. The molecule has 0 amide bonds. The van der Waals surface area contributed by atoms with Crippen molar-refractivity contribution < 1.29 is 9.13 Å². The second-order valence-corrected chi connectivity index (χ2v) is 5.52. The standard InChI is InChI=1S/C15H16FN5O/c1-8-6-21(7-9(2)22-8)14-4-12-11(3-10(14)16)19-13(5-17)15(18)20-12/h3-4,8-9H,6-7H2,1-2H3,(H2,18,20)/t8-,9-/m1/s1. The number of nitrogens with two attached hydrogens (primary N) is 1. The average molecular weight is 301 g/mol. The number of aromatic nitrogens is 2. The Kier molecular flexibility index (Phi) is 3.54. The number of ether oxygens (including phenoxy) is 1. The van der Waals surface area contributed by atoms with Gasteiger partial charge in [-0.1, -0.05) is 0 Å². The van der Waals surface area contributed by atoms with E-state index in [1.165, 1.54) is 6.07 Å². The number of morpholine rings is 1. The van der Waals surface area contributed by atoms with Crippen molar-refractivity contribution in [1.29, 1.82) is 5.26 Å². The molecule has 114 valence electrons. The van der Waals surface area contributed by atoms with Crippen LogP contribution in [0.15, 0.2) is 12.1 Å². The fourth-order valence-corrected chi connectivity index (χ4v) is 2.78. The molecular weight excluding hydrogens is 285 g/mol. The first-order chi connectivity index (χ1) is 10.5. The number of nitrogens with zero attached hydrogens (tertiary/aromatic N) is 4. The molecule has 1 aliphatic heterocycles. The first kappa shape index (κ1) is 14.5. The highest BCUT2D eigenvalue weighted by Crippen LogP contribution is 2.27. The molecule has 2 heterocycles. The highest BCUT2D eigenvalue weighted by atomic mass is 19.1. The maximum absolute atomic E-state index is 14.4. The van der Waals surface area contributed by atoms with Crippen molar-refractivity contribution in [3.05, 3.63) is 23.6 Å². The third-order valence-electron chi connectivity index (χ3n) is 3.63. The average Bonchev–Trinajstić information content (AvgIpc) is 2.45. The fraction of sp³-hybridized carbons (Fsp3) is 0.400. The molecule has 1 aromatic heterocycles. The summed E-state index contributed by atoms with van der Waals surface area (Å²) in [5.74, 6) is -0.340. The smallest absolute Gasteiger partial charge is 0.183 e. The van der Waals surface area contributed by atoms with Gasteiger partial charge in [0.15, 0.2) is 11.5 Å². The first-order valence-electron chi connectivity index (χ1n) is 7.05. The summed E-state index contributed by atoms with van der Waals surface area (Å²) >= 11 is 0. The molecule has 1 saturated heterocycles. The third-order valence-corrected chi connectivity index (χ3v) is 3.63. The largest absolute Gasteiger partial charge is 0.381 e. The maximum atomic E-state index is 14.4. The van der Waals surface area contributed by atoms with Crippen LogP contribution in [0, 0.1) is 17.1 Å². The highest BCUT2D eigenvalue weighted by molar-refractivity contribution is 5.81. The minimum Gasteiger partial charge on any atom is -0.381 e. The summed E-state index contributed by atoms with van der Waals surface area (Å²) in [7, 11) is 0. The second-order valence-electron chi connectivity index (χ2n) is 5.52. The predicted octanol–water partition coefficient (Wildman–Crippen LogP) is 1.84. The van der Waals surface area contributed by atoms with Crippen molar-refractivity contribution in [2.75, 3.05) is 23.7 Å². The molecule has 2 atom stereocenters. The number of nitrogen functional groups attached to an aromatic ring is 1. The van der Waals surface area contributed by atoms with Crippen LogP contribution in [0.2, 0.25) is 0 Å². The monoisotopic (exact) mass is 301 g/mol. The van der Waals surface area contributed by atoms with E-state index in [1.807, 2.05) is 24.8 Å². The van der Waals surface area contributed by atoms with Crippen molar-refractivity contribution in [2.24, 2.45) is 0 Å². The van der Waals surface area contributed by atoms with Crippen molar-refractivity contribution in [3.63, 3.8) is 0 Å². The number of benzene rings is 1. The summed E-state index contributed by atoms with van der Waals surface area (Å²) < 4.78 is 20.1. The van der Waals surface area contributed by atoms with Crippen LogP contribution in [0.3, 0.4) is 0 Å². The van der Waals surface area contributed by atoms with Gasteiger partial charge in [-0.2, -0.15) is 5.26 Å². The molecule has 3 rings (SSSR count). The van der Waals surface area contributed by atoms with Gasteiger partial charge in [-0.3, -0.25) is 0 Å². The highest BCUT2D eigenvalue weighted by Gasteiger charge is 2.25.